The number of nitrogens with one attached hydrogen (secondary N) is 1. The van der Waals surface area contributed by atoms with E-state index in [-0.39, 0.29) is 18.0 Å². The fourth-order valence-corrected chi connectivity index (χ4v) is 4.27. The fourth-order valence-electron chi connectivity index (χ4n) is 3.20. The summed E-state index contributed by atoms with van der Waals surface area (Å²) in [6.45, 7) is -0.174. The Labute approximate surface area is 188 Å². The summed E-state index contributed by atoms with van der Waals surface area (Å²) in [5.41, 5.74) is 1.78. The van der Waals surface area contributed by atoms with Crippen LogP contribution >= 0.6 is 11.3 Å². The Balaban J connectivity index is 1.56. The molecule has 1 amide bonds. The molecule has 0 fully saturated rings. The molecule has 8 nitrogen and oxygen atoms in total. The van der Waals surface area contributed by atoms with Crippen LogP contribution in [-0.2, 0) is 11.3 Å². The van der Waals surface area contributed by atoms with Gasteiger partial charge in [-0.3, -0.25) is 14.2 Å². The zero-order valence-electron chi connectivity index (χ0n) is 17.7. The number of nitrogens with zero attached hydrogens (tertiary/aromatic N) is 2. The molecule has 0 atom stereocenters. The van der Waals surface area contributed by atoms with Crippen molar-refractivity contribution in [1.82, 2.24) is 9.55 Å². The lowest BCUT2D eigenvalue weighted by atomic mass is 10.2. The minimum Gasteiger partial charge on any atom is -0.497 e. The van der Waals surface area contributed by atoms with Crippen molar-refractivity contribution in [3.63, 3.8) is 0 Å². The topological polar surface area (TPSA) is 91.7 Å². The number of benzene rings is 2. The predicted octanol–water partition coefficient (Wildman–Crippen LogP) is 3.79. The third kappa shape index (κ3) is 4.28. The monoisotopic (exact) mass is 451 g/mol. The molecule has 0 aliphatic rings. The summed E-state index contributed by atoms with van der Waals surface area (Å²) in [6, 6.07) is 14.5. The first-order chi connectivity index (χ1) is 15.5. The quantitative estimate of drug-likeness (QED) is 0.460. The molecule has 2 heterocycles. The van der Waals surface area contributed by atoms with Crippen LogP contribution in [0.15, 0.2) is 59.7 Å². The number of hydrogen-bond donors (Lipinski definition) is 1. The minimum atomic E-state index is -0.372. The molecule has 0 unspecified atom stereocenters. The molecule has 1 N–H and O–H groups in total. The third-order valence-electron chi connectivity index (χ3n) is 4.88. The van der Waals surface area contributed by atoms with Gasteiger partial charge in [0.15, 0.2) is 0 Å². The molecule has 0 aliphatic heterocycles. The van der Waals surface area contributed by atoms with Crippen LogP contribution in [0.5, 0.6) is 17.2 Å². The summed E-state index contributed by atoms with van der Waals surface area (Å²) in [5, 5.41) is 2.76. The predicted molar refractivity (Wildman–Crippen MR) is 124 cm³/mol. The van der Waals surface area contributed by atoms with Crippen molar-refractivity contribution >= 4 is 33.1 Å². The first-order valence-corrected chi connectivity index (χ1v) is 10.5. The van der Waals surface area contributed by atoms with E-state index in [9.17, 15) is 9.59 Å². The Morgan fingerprint density at radius 3 is 2.41 bits per heavy atom. The Morgan fingerprint density at radius 2 is 1.72 bits per heavy atom. The van der Waals surface area contributed by atoms with E-state index in [0.717, 1.165) is 16.2 Å². The van der Waals surface area contributed by atoms with E-state index in [0.29, 0.717) is 27.4 Å². The highest BCUT2D eigenvalue weighted by molar-refractivity contribution is 7.22. The summed E-state index contributed by atoms with van der Waals surface area (Å²) in [6.07, 6.45) is 1.39. The van der Waals surface area contributed by atoms with E-state index in [1.54, 1.807) is 32.4 Å². The van der Waals surface area contributed by atoms with Gasteiger partial charge in [0.2, 0.25) is 5.91 Å². The Kier molecular flexibility index (Phi) is 6.09. The molecule has 0 spiro atoms. The van der Waals surface area contributed by atoms with E-state index in [1.165, 1.54) is 29.3 Å². The lowest BCUT2D eigenvalue weighted by Crippen LogP contribution is -2.27. The molecule has 4 aromatic rings. The van der Waals surface area contributed by atoms with Crippen LogP contribution in [0.25, 0.3) is 20.7 Å². The summed E-state index contributed by atoms with van der Waals surface area (Å²) < 4.78 is 17.4. The van der Waals surface area contributed by atoms with Gasteiger partial charge in [-0.15, -0.1) is 11.3 Å². The van der Waals surface area contributed by atoms with Crippen LogP contribution < -0.4 is 25.1 Å². The molecule has 2 aromatic carbocycles. The second-order valence-electron chi connectivity index (χ2n) is 6.85. The van der Waals surface area contributed by atoms with Crippen molar-refractivity contribution in [3.8, 4) is 27.7 Å². The van der Waals surface area contributed by atoms with Gasteiger partial charge in [0.25, 0.3) is 5.56 Å². The standard InChI is InChI=1S/C23H21N3O5S/c1-29-15-6-4-14(5-7-15)20-11-18-22(32-20)23(28)26(13-24-18)12-21(27)25-17-9-8-16(30-2)10-19(17)31-3/h4-11,13H,12H2,1-3H3,(H,25,27). The molecule has 0 aliphatic carbocycles. The average molecular weight is 452 g/mol. The molecule has 9 heteroatoms. The highest BCUT2D eigenvalue weighted by Gasteiger charge is 2.14. The second kappa shape index (κ2) is 9.11. The highest BCUT2D eigenvalue weighted by atomic mass is 32.1. The smallest absolute Gasteiger partial charge is 0.271 e. The summed E-state index contributed by atoms with van der Waals surface area (Å²) in [5.74, 6) is 1.45. The van der Waals surface area contributed by atoms with Gasteiger partial charge >= 0.3 is 0 Å². The van der Waals surface area contributed by atoms with Gasteiger partial charge in [0.05, 0.1) is 38.9 Å². The van der Waals surface area contributed by atoms with Gasteiger partial charge in [-0.1, -0.05) is 0 Å². The average Bonchev–Trinajstić information content (AvgIpc) is 3.26. The number of amides is 1. The van der Waals surface area contributed by atoms with Crippen molar-refractivity contribution in [2.45, 2.75) is 6.54 Å². The molecule has 0 radical (unpaired) electrons. The lowest BCUT2D eigenvalue weighted by Gasteiger charge is -2.12. The van der Waals surface area contributed by atoms with Crippen LogP contribution in [0.2, 0.25) is 0 Å². The fraction of sp³-hybridized carbons (Fsp3) is 0.174. The summed E-state index contributed by atoms with van der Waals surface area (Å²) >= 11 is 1.34. The van der Waals surface area contributed by atoms with Gasteiger partial charge in [0.1, 0.15) is 28.5 Å². The number of methoxy groups -OCH3 is 3. The van der Waals surface area contributed by atoms with Crippen LogP contribution in [0, 0.1) is 0 Å². The Hall–Kier alpha value is -3.85. The van der Waals surface area contributed by atoms with Crippen molar-refractivity contribution in [2.75, 3.05) is 26.6 Å². The van der Waals surface area contributed by atoms with Crippen molar-refractivity contribution < 1.29 is 19.0 Å². The number of carbonyl (C=O) groups is 1. The Bertz CT molecular complexity index is 1330. The van der Waals surface area contributed by atoms with Gasteiger partial charge in [0, 0.05) is 10.9 Å². The van der Waals surface area contributed by atoms with E-state index < -0.39 is 0 Å². The maximum atomic E-state index is 13.0. The van der Waals surface area contributed by atoms with E-state index in [4.69, 9.17) is 14.2 Å². The number of carbonyl (C=O) groups excluding carboxylic acids is 1. The molecular weight excluding hydrogens is 430 g/mol. The molecule has 0 bridgehead atoms. The Morgan fingerprint density at radius 1 is 1.00 bits per heavy atom. The first kappa shape index (κ1) is 21.4. The van der Waals surface area contributed by atoms with Crippen molar-refractivity contribution in [1.29, 1.82) is 0 Å². The molecule has 164 valence electrons. The minimum absolute atomic E-state index is 0.174. The number of aromatic nitrogens is 2. The first-order valence-electron chi connectivity index (χ1n) is 9.67. The van der Waals surface area contributed by atoms with Crippen LogP contribution in [0.1, 0.15) is 0 Å². The number of ether oxygens (including phenoxy) is 3. The van der Waals surface area contributed by atoms with Gasteiger partial charge in [-0.25, -0.2) is 4.98 Å². The maximum absolute atomic E-state index is 13.0. The summed E-state index contributed by atoms with van der Waals surface area (Å²) in [7, 11) is 4.67. The molecule has 4 rings (SSSR count). The van der Waals surface area contributed by atoms with Crippen LogP contribution in [-0.4, -0.2) is 36.8 Å². The zero-order valence-corrected chi connectivity index (χ0v) is 18.6. The van der Waals surface area contributed by atoms with Crippen molar-refractivity contribution in [2.24, 2.45) is 0 Å². The SMILES string of the molecule is COc1ccc(-c2cc3ncn(CC(=O)Nc4ccc(OC)cc4OC)c(=O)c3s2)cc1. The van der Waals surface area contributed by atoms with Gasteiger partial charge < -0.3 is 19.5 Å². The van der Waals surface area contributed by atoms with E-state index in [2.05, 4.69) is 10.3 Å². The van der Waals surface area contributed by atoms with E-state index in [1.807, 2.05) is 30.3 Å². The second-order valence-corrected chi connectivity index (χ2v) is 7.90. The molecule has 0 saturated carbocycles. The molecule has 0 saturated heterocycles. The van der Waals surface area contributed by atoms with Crippen LogP contribution in [0.3, 0.4) is 0 Å². The molecule has 32 heavy (non-hydrogen) atoms. The number of hydrogen-bond acceptors (Lipinski definition) is 7. The maximum Gasteiger partial charge on any atom is 0.271 e. The van der Waals surface area contributed by atoms with Crippen LogP contribution in [0.4, 0.5) is 5.69 Å². The molecular formula is C23H21N3O5S. The van der Waals surface area contributed by atoms with Gasteiger partial charge in [-0.05, 0) is 48.0 Å². The zero-order chi connectivity index (χ0) is 22.7. The summed E-state index contributed by atoms with van der Waals surface area (Å²) in [4.78, 5) is 30.8. The number of rotatable bonds is 7. The highest BCUT2D eigenvalue weighted by Crippen LogP contribution is 2.32. The van der Waals surface area contributed by atoms with E-state index >= 15 is 0 Å². The number of anilines is 1. The molecule has 2 aromatic heterocycles. The number of thiophene rings is 1. The largest absolute Gasteiger partial charge is 0.497 e. The normalized spacial score (nSPS) is 10.7. The number of fused-ring (bicyclic) bond motifs is 1. The lowest BCUT2D eigenvalue weighted by molar-refractivity contribution is -0.116. The van der Waals surface area contributed by atoms with Crippen molar-refractivity contribution in [3.05, 3.63) is 65.2 Å². The van der Waals surface area contributed by atoms with Gasteiger partial charge in [-0.2, -0.15) is 0 Å². The third-order valence-corrected chi connectivity index (χ3v) is 6.04.